The Morgan fingerprint density at radius 2 is 1.75 bits per heavy atom. The summed E-state index contributed by atoms with van der Waals surface area (Å²) in [6.07, 6.45) is 3.64. The summed E-state index contributed by atoms with van der Waals surface area (Å²) in [5.41, 5.74) is -0.864. The van der Waals surface area contributed by atoms with Crippen molar-refractivity contribution in [3.63, 3.8) is 0 Å². The zero-order valence-electron chi connectivity index (χ0n) is 18.7. The van der Waals surface area contributed by atoms with E-state index >= 15 is 0 Å². The highest BCUT2D eigenvalue weighted by Crippen LogP contribution is 2.38. The van der Waals surface area contributed by atoms with Crippen molar-refractivity contribution in [3.05, 3.63) is 0 Å². The lowest BCUT2D eigenvalue weighted by atomic mass is 9.84. The second-order valence-electron chi connectivity index (χ2n) is 8.60. The van der Waals surface area contributed by atoms with Crippen LogP contribution in [0.1, 0.15) is 53.4 Å². The molecule has 28 heavy (non-hydrogen) atoms. The number of likely N-dealkylation sites (N-methyl/N-ethyl adjacent to an activating group) is 1. The molecule has 0 aromatic carbocycles. The normalized spacial score (nSPS) is 16.5. The number of amides is 2. The molecule has 1 aliphatic carbocycles. The molecule has 1 fully saturated rings. The molecule has 0 saturated heterocycles. The fourth-order valence-electron chi connectivity index (χ4n) is 3.48. The first-order valence-electron chi connectivity index (χ1n) is 10.2. The zero-order valence-corrected chi connectivity index (χ0v) is 18.7. The fraction of sp³-hybridized carbons (Fsp3) is 0.850. The van der Waals surface area contributed by atoms with E-state index < -0.39 is 5.60 Å². The lowest BCUT2D eigenvalue weighted by molar-refractivity contribution is -0.138. The lowest BCUT2D eigenvalue weighted by Gasteiger charge is -2.31. The summed E-state index contributed by atoms with van der Waals surface area (Å²) in [5, 5.41) is 6.53. The van der Waals surface area contributed by atoms with Crippen LogP contribution in [0.25, 0.3) is 0 Å². The van der Waals surface area contributed by atoms with Crippen molar-refractivity contribution in [2.75, 3.05) is 47.3 Å². The topological polar surface area (TPSA) is 86.3 Å². The summed E-state index contributed by atoms with van der Waals surface area (Å²) >= 11 is 0. The van der Waals surface area contributed by atoms with Crippen LogP contribution in [0.4, 0.5) is 4.79 Å². The van der Waals surface area contributed by atoms with Gasteiger partial charge in [0.15, 0.2) is 5.96 Å². The number of ether oxygens (including phenoxy) is 1. The number of nitrogens with zero attached hydrogens (tertiary/aromatic N) is 3. The van der Waals surface area contributed by atoms with E-state index in [2.05, 4.69) is 15.6 Å². The predicted octanol–water partition coefficient (Wildman–Crippen LogP) is 2.06. The Balaban J connectivity index is 2.54. The molecule has 0 radical (unpaired) electrons. The maximum atomic E-state index is 12.7. The first kappa shape index (κ1) is 24.0. The van der Waals surface area contributed by atoms with Gasteiger partial charge in [-0.05, 0) is 40.5 Å². The second-order valence-corrected chi connectivity index (χ2v) is 8.60. The Bertz CT molecular complexity index is 549. The summed E-state index contributed by atoms with van der Waals surface area (Å²) in [6.45, 7) is 9.68. The molecule has 0 bridgehead atoms. The third-order valence-electron chi connectivity index (χ3n) is 4.95. The maximum Gasteiger partial charge on any atom is 0.410 e. The Morgan fingerprint density at radius 1 is 1.14 bits per heavy atom. The predicted molar refractivity (Wildman–Crippen MR) is 112 cm³/mol. The molecular formula is C20H39N5O3. The van der Waals surface area contributed by atoms with Crippen molar-refractivity contribution in [2.45, 2.75) is 59.0 Å². The van der Waals surface area contributed by atoms with Gasteiger partial charge in [-0.3, -0.25) is 9.79 Å². The third-order valence-corrected chi connectivity index (χ3v) is 4.95. The minimum Gasteiger partial charge on any atom is -0.444 e. The number of carbonyl (C=O) groups excluding carboxylic acids is 2. The average Bonchev–Trinajstić information content (AvgIpc) is 3.08. The van der Waals surface area contributed by atoms with E-state index in [0.717, 1.165) is 25.7 Å². The van der Waals surface area contributed by atoms with Gasteiger partial charge < -0.3 is 25.2 Å². The summed E-state index contributed by atoms with van der Waals surface area (Å²) in [6, 6.07) is 0. The van der Waals surface area contributed by atoms with Crippen molar-refractivity contribution in [1.29, 1.82) is 0 Å². The van der Waals surface area contributed by atoms with Crippen LogP contribution in [0.15, 0.2) is 4.99 Å². The molecule has 2 N–H and O–H groups in total. The van der Waals surface area contributed by atoms with E-state index in [1.165, 1.54) is 0 Å². The van der Waals surface area contributed by atoms with E-state index in [1.54, 1.807) is 16.8 Å². The number of guanidine groups is 1. The number of rotatable bonds is 7. The number of hydrogen-bond acceptors (Lipinski definition) is 4. The molecule has 8 heteroatoms. The van der Waals surface area contributed by atoms with Crippen molar-refractivity contribution in [1.82, 2.24) is 20.4 Å². The van der Waals surface area contributed by atoms with E-state index in [0.29, 0.717) is 32.1 Å². The van der Waals surface area contributed by atoms with Crippen molar-refractivity contribution >= 4 is 18.0 Å². The zero-order chi connectivity index (χ0) is 21.4. The van der Waals surface area contributed by atoms with Gasteiger partial charge in [-0.25, -0.2) is 4.79 Å². The first-order chi connectivity index (χ1) is 13.0. The van der Waals surface area contributed by atoms with Crippen LogP contribution in [0.5, 0.6) is 0 Å². The largest absolute Gasteiger partial charge is 0.444 e. The number of aliphatic imine (C=N–C) groups is 1. The third kappa shape index (κ3) is 7.20. The average molecular weight is 398 g/mol. The van der Waals surface area contributed by atoms with E-state index in [1.807, 2.05) is 41.8 Å². The van der Waals surface area contributed by atoms with Crippen LogP contribution in [0.2, 0.25) is 0 Å². The quantitative estimate of drug-likeness (QED) is 0.507. The Kier molecular flexibility index (Phi) is 9.04. The molecule has 8 nitrogen and oxygen atoms in total. The molecule has 1 saturated carbocycles. The van der Waals surface area contributed by atoms with E-state index in [-0.39, 0.29) is 17.4 Å². The Morgan fingerprint density at radius 3 is 2.21 bits per heavy atom. The highest BCUT2D eigenvalue weighted by molar-refractivity contribution is 5.85. The number of carbonyl (C=O) groups is 2. The molecule has 0 aromatic heterocycles. The molecule has 2 amide bonds. The second kappa shape index (κ2) is 10.5. The molecule has 162 valence electrons. The summed E-state index contributed by atoms with van der Waals surface area (Å²) in [7, 11) is 5.33. The van der Waals surface area contributed by atoms with Gasteiger partial charge in [0.25, 0.3) is 0 Å². The van der Waals surface area contributed by atoms with Gasteiger partial charge in [-0.15, -0.1) is 0 Å². The molecule has 1 aliphatic rings. The highest BCUT2D eigenvalue weighted by atomic mass is 16.6. The van der Waals surface area contributed by atoms with Crippen LogP contribution in [-0.2, 0) is 9.53 Å². The maximum absolute atomic E-state index is 12.7. The van der Waals surface area contributed by atoms with Gasteiger partial charge >= 0.3 is 6.09 Å². The number of hydrogen-bond donors (Lipinski definition) is 2. The summed E-state index contributed by atoms with van der Waals surface area (Å²) in [5.74, 6) is 0.813. The van der Waals surface area contributed by atoms with Crippen molar-refractivity contribution < 1.29 is 14.3 Å². The summed E-state index contributed by atoms with van der Waals surface area (Å²) < 4.78 is 5.42. The van der Waals surface area contributed by atoms with Crippen molar-refractivity contribution in [2.24, 2.45) is 10.4 Å². The van der Waals surface area contributed by atoms with Gasteiger partial charge in [0, 0.05) is 47.3 Å². The SMILES string of the molecule is CCN(CCNC(=NC)NCC1(C(=O)N(C)C)CCCC1)C(=O)OC(C)(C)C. The monoisotopic (exact) mass is 397 g/mol. The molecular weight excluding hydrogens is 358 g/mol. The van der Waals surface area contributed by atoms with Gasteiger partial charge in [-0.1, -0.05) is 12.8 Å². The van der Waals surface area contributed by atoms with Crippen LogP contribution in [0.3, 0.4) is 0 Å². The first-order valence-corrected chi connectivity index (χ1v) is 10.2. The molecule has 0 spiro atoms. The minimum absolute atomic E-state index is 0.176. The van der Waals surface area contributed by atoms with Crippen LogP contribution in [-0.4, -0.2) is 80.7 Å². The van der Waals surface area contributed by atoms with Gasteiger partial charge in [0.05, 0.1) is 5.41 Å². The van der Waals surface area contributed by atoms with E-state index in [4.69, 9.17) is 4.74 Å². The highest BCUT2D eigenvalue weighted by Gasteiger charge is 2.42. The molecule has 0 aliphatic heterocycles. The molecule has 1 rings (SSSR count). The summed E-state index contributed by atoms with van der Waals surface area (Å²) in [4.78, 5) is 32.5. The number of nitrogens with one attached hydrogen (secondary N) is 2. The van der Waals surface area contributed by atoms with Crippen LogP contribution in [0, 0.1) is 5.41 Å². The lowest BCUT2D eigenvalue weighted by Crippen LogP contribution is -2.50. The Hall–Kier alpha value is -1.99. The molecule has 0 aromatic rings. The molecule has 0 heterocycles. The smallest absolute Gasteiger partial charge is 0.410 e. The van der Waals surface area contributed by atoms with Crippen molar-refractivity contribution in [3.8, 4) is 0 Å². The standard InChI is InChI=1S/C20H39N5O3/c1-8-25(18(27)28-19(2,3)4)14-13-22-17(21-5)23-15-20(11-9-10-12-20)16(26)24(6)7/h8-15H2,1-7H3,(H2,21,22,23). The van der Waals surface area contributed by atoms with Gasteiger partial charge in [-0.2, -0.15) is 0 Å². The van der Waals surface area contributed by atoms with Gasteiger partial charge in [0.1, 0.15) is 5.60 Å². The van der Waals surface area contributed by atoms with Crippen LogP contribution < -0.4 is 10.6 Å². The fourth-order valence-corrected chi connectivity index (χ4v) is 3.48. The minimum atomic E-state index is -0.510. The van der Waals surface area contributed by atoms with Gasteiger partial charge in [0.2, 0.25) is 5.91 Å². The Labute approximate surface area is 170 Å². The van der Waals surface area contributed by atoms with E-state index in [9.17, 15) is 9.59 Å². The molecule has 0 unspecified atom stereocenters. The molecule has 0 atom stereocenters. The van der Waals surface area contributed by atoms with Crippen LogP contribution >= 0.6 is 0 Å².